The Morgan fingerprint density at radius 2 is 1.93 bits per heavy atom. The van der Waals surface area contributed by atoms with Gasteiger partial charge in [0.05, 0.1) is 0 Å². The second kappa shape index (κ2) is 5.72. The molecule has 0 heterocycles. The van der Waals surface area contributed by atoms with Crippen molar-refractivity contribution >= 4 is 34.4 Å². The summed E-state index contributed by atoms with van der Waals surface area (Å²) in [5.74, 6) is -0.134. The minimum absolute atomic E-state index is 0.134. The van der Waals surface area contributed by atoms with Gasteiger partial charge in [-0.05, 0) is 12.1 Å². The quantitative estimate of drug-likeness (QED) is 0.600. The summed E-state index contributed by atoms with van der Waals surface area (Å²) >= 11 is 6.17. The van der Waals surface area contributed by atoms with Crippen LogP contribution < -0.4 is 4.72 Å². The van der Waals surface area contributed by atoms with Gasteiger partial charge in [-0.25, -0.2) is 0 Å². The van der Waals surface area contributed by atoms with E-state index in [1.165, 1.54) is 0 Å². The topological polar surface area (TPSA) is 32.3 Å². The van der Waals surface area contributed by atoms with Crippen LogP contribution in [0.1, 0.15) is 10.4 Å². The number of carbonyl (C=O) groups is 1. The molecule has 1 aromatic carbocycles. The van der Waals surface area contributed by atoms with E-state index in [1.807, 2.05) is 32.3 Å². The highest BCUT2D eigenvalue weighted by molar-refractivity contribution is 8.21. The first-order chi connectivity index (χ1) is 7.11. The number of thiocarbonyl (C=S) groups is 1. The van der Waals surface area contributed by atoms with Crippen molar-refractivity contribution < 1.29 is 4.79 Å². The molecule has 0 spiro atoms. The van der Waals surface area contributed by atoms with Gasteiger partial charge in [-0.2, -0.15) is 0 Å². The van der Waals surface area contributed by atoms with Gasteiger partial charge >= 0.3 is 0 Å². The molecule has 3 nitrogen and oxygen atoms in total. The molecule has 1 aromatic rings. The Hall–Kier alpha value is -1.07. The van der Waals surface area contributed by atoms with E-state index in [1.54, 1.807) is 17.0 Å². The Labute approximate surface area is 99.0 Å². The van der Waals surface area contributed by atoms with Gasteiger partial charge in [0.15, 0.2) is 4.32 Å². The molecule has 0 unspecified atom stereocenters. The molecule has 80 valence electrons. The van der Waals surface area contributed by atoms with Gasteiger partial charge in [-0.3, -0.25) is 9.52 Å². The van der Waals surface area contributed by atoms with Gasteiger partial charge in [0, 0.05) is 31.6 Å². The van der Waals surface area contributed by atoms with Gasteiger partial charge in [-0.1, -0.05) is 30.4 Å². The normalized spacial score (nSPS) is 9.47. The molecule has 0 saturated carbocycles. The maximum Gasteiger partial charge on any atom is 0.261 e. The lowest BCUT2D eigenvalue weighted by Crippen LogP contribution is -2.24. The van der Waals surface area contributed by atoms with Crippen molar-refractivity contribution in [1.29, 1.82) is 0 Å². The van der Waals surface area contributed by atoms with Crippen LogP contribution >= 0.6 is 24.2 Å². The number of hydrogen-bond acceptors (Lipinski definition) is 3. The molecule has 0 aliphatic carbocycles. The lowest BCUT2D eigenvalue weighted by Gasteiger charge is -2.12. The summed E-state index contributed by atoms with van der Waals surface area (Å²) in [5.41, 5.74) is 0.631. The highest BCUT2D eigenvalue weighted by atomic mass is 32.2. The van der Waals surface area contributed by atoms with E-state index < -0.39 is 0 Å². The Bertz CT molecular complexity index is 352. The summed E-state index contributed by atoms with van der Waals surface area (Å²) in [7, 11) is 3.67. The van der Waals surface area contributed by atoms with Crippen molar-refractivity contribution in [1.82, 2.24) is 9.62 Å². The summed E-state index contributed by atoms with van der Waals surface area (Å²) in [6, 6.07) is 9.03. The van der Waals surface area contributed by atoms with Crippen LogP contribution in [-0.2, 0) is 0 Å². The van der Waals surface area contributed by atoms with E-state index in [0.717, 1.165) is 11.9 Å². The minimum Gasteiger partial charge on any atom is -0.362 e. The fourth-order valence-corrected chi connectivity index (χ4v) is 1.44. The van der Waals surface area contributed by atoms with Crippen molar-refractivity contribution in [2.24, 2.45) is 0 Å². The molecule has 15 heavy (non-hydrogen) atoms. The number of benzene rings is 1. The zero-order chi connectivity index (χ0) is 11.3. The highest BCUT2D eigenvalue weighted by Gasteiger charge is 2.06. The Morgan fingerprint density at radius 1 is 1.33 bits per heavy atom. The maximum absolute atomic E-state index is 11.6. The van der Waals surface area contributed by atoms with Crippen LogP contribution in [0.5, 0.6) is 0 Å². The van der Waals surface area contributed by atoms with Crippen LogP contribution in [-0.4, -0.2) is 29.2 Å². The van der Waals surface area contributed by atoms with Crippen molar-refractivity contribution in [3.05, 3.63) is 35.9 Å². The molecule has 0 atom stereocenters. The van der Waals surface area contributed by atoms with Crippen LogP contribution in [0.15, 0.2) is 30.3 Å². The first-order valence-corrected chi connectivity index (χ1v) is 5.57. The molecule has 0 bridgehead atoms. The van der Waals surface area contributed by atoms with Crippen molar-refractivity contribution in [3.63, 3.8) is 0 Å². The predicted molar refractivity (Wildman–Crippen MR) is 67.8 cm³/mol. The Kier molecular flexibility index (Phi) is 4.58. The van der Waals surface area contributed by atoms with Crippen LogP contribution in [0.4, 0.5) is 0 Å². The monoisotopic (exact) mass is 240 g/mol. The van der Waals surface area contributed by atoms with Gasteiger partial charge in [0.25, 0.3) is 5.91 Å². The van der Waals surface area contributed by atoms with Gasteiger partial charge < -0.3 is 4.90 Å². The number of nitrogens with zero attached hydrogens (tertiary/aromatic N) is 1. The molecule has 0 fully saturated rings. The second-order valence-corrected chi connectivity index (χ2v) is 4.50. The van der Waals surface area contributed by atoms with E-state index in [4.69, 9.17) is 12.2 Å². The first-order valence-electron chi connectivity index (χ1n) is 4.35. The molecule has 0 radical (unpaired) electrons. The standard InChI is InChI=1S/C10H12N2OS2/c1-12(2)10(14)15-11-9(13)8-6-4-3-5-7-8/h3-7H,1-2H3,(H,11,13). The number of amides is 1. The van der Waals surface area contributed by atoms with Crippen LogP contribution in [0.3, 0.4) is 0 Å². The summed E-state index contributed by atoms with van der Waals surface area (Å²) in [6.45, 7) is 0. The maximum atomic E-state index is 11.6. The predicted octanol–water partition coefficient (Wildman–Crippen LogP) is 1.91. The Balaban J connectivity index is 2.48. The molecule has 0 aliphatic rings. The average molecular weight is 240 g/mol. The number of carbonyl (C=O) groups excluding carboxylic acids is 1. The summed E-state index contributed by atoms with van der Waals surface area (Å²) in [4.78, 5) is 13.3. The fourth-order valence-electron chi connectivity index (χ4n) is 0.830. The van der Waals surface area contributed by atoms with Gasteiger partial charge in [0.2, 0.25) is 0 Å². The smallest absolute Gasteiger partial charge is 0.261 e. The number of hydrogen-bond donors (Lipinski definition) is 1. The SMILES string of the molecule is CN(C)C(=S)SNC(=O)c1ccccc1. The summed E-state index contributed by atoms with van der Waals surface area (Å²) < 4.78 is 3.30. The molecular formula is C10H12N2OS2. The van der Waals surface area contributed by atoms with E-state index in [0.29, 0.717) is 9.88 Å². The van der Waals surface area contributed by atoms with E-state index in [2.05, 4.69) is 4.72 Å². The van der Waals surface area contributed by atoms with Crippen LogP contribution in [0, 0.1) is 0 Å². The number of nitrogens with one attached hydrogen (secondary N) is 1. The van der Waals surface area contributed by atoms with Crippen molar-refractivity contribution in [3.8, 4) is 0 Å². The zero-order valence-electron chi connectivity index (χ0n) is 8.56. The third-order valence-electron chi connectivity index (χ3n) is 1.63. The van der Waals surface area contributed by atoms with E-state index in [-0.39, 0.29) is 5.91 Å². The molecule has 5 heteroatoms. The molecule has 1 N–H and O–H groups in total. The lowest BCUT2D eigenvalue weighted by molar-refractivity contribution is 0.0984. The highest BCUT2D eigenvalue weighted by Crippen LogP contribution is 2.05. The largest absolute Gasteiger partial charge is 0.362 e. The van der Waals surface area contributed by atoms with Crippen LogP contribution in [0.2, 0.25) is 0 Å². The van der Waals surface area contributed by atoms with E-state index >= 15 is 0 Å². The molecule has 0 saturated heterocycles. The fraction of sp³-hybridized carbons (Fsp3) is 0.200. The first kappa shape index (κ1) is 12.0. The van der Waals surface area contributed by atoms with Gasteiger partial charge in [0.1, 0.15) is 0 Å². The Morgan fingerprint density at radius 3 is 2.47 bits per heavy atom. The summed E-state index contributed by atoms with van der Waals surface area (Å²) in [6.07, 6.45) is 0. The molecule has 0 aromatic heterocycles. The van der Waals surface area contributed by atoms with Gasteiger partial charge in [-0.15, -0.1) is 0 Å². The number of rotatable bonds is 1. The van der Waals surface area contributed by atoms with E-state index in [9.17, 15) is 4.79 Å². The summed E-state index contributed by atoms with van der Waals surface area (Å²) in [5, 5.41) is 0. The molecule has 0 aliphatic heterocycles. The van der Waals surface area contributed by atoms with Crippen molar-refractivity contribution in [2.45, 2.75) is 0 Å². The lowest BCUT2D eigenvalue weighted by atomic mass is 10.2. The molecule has 1 rings (SSSR count). The third-order valence-corrected chi connectivity index (χ3v) is 3.07. The minimum atomic E-state index is -0.134. The second-order valence-electron chi connectivity index (χ2n) is 3.06. The molecular weight excluding hydrogens is 228 g/mol. The third kappa shape index (κ3) is 3.89. The van der Waals surface area contributed by atoms with Crippen molar-refractivity contribution in [2.75, 3.05) is 14.1 Å². The zero-order valence-corrected chi connectivity index (χ0v) is 10.2. The van der Waals surface area contributed by atoms with Crippen LogP contribution in [0.25, 0.3) is 0 Å². The molecule has 1 amide bonds. The average Bonchev–Trinajstić information content (AvgIpc) is 2.26.